The molecule has 0 N–H and O–H groups in total. The number of ether oxygens (including phenoxy) is 1. The molecule has 0 bridgehead atoms. The number of carbonyl (C=O) groups excluding carboxylic acids is 2. The first-order valence-electron chi connectivity index (χ1n) is 9.27. The van der Waals surface area contributed by atoms with Crippen molar-refractivity contribution in [3.63, 3.8) is 0 Å². The first kappa shape index (κ1) is 21.2. The van der Waals surface area contributed by atoms with Crippen molar-refractivity contribution >= 4 is 11.9 Å². The number of hydrogen-bond acceptors (Lipinski definition) is 3. The van der Waals surface area contributed by atoms with Crippen LogP contribution in [0.1, 0.15) is 71.8 Å². The van der Waals surface area contributed by atoms with Crippen LogP contribution in [0.5, 0.6) is 0 Å². The average Bonchev–Trinajstić information content (AvgIpc) is 2.55. The van der Waals surface area contributed by atoms with Crippen LogP contribution in [0.15, 0.2) is 30.3 Å². The Hall–Kier alpha value is -1.84. The van der Waals surface area contributed by atoms with Crippen molar-refractivity contribution in [2.45, 2.75) is 71.8 Å². The van der Waals surface area contributed by atoms with E-state index in [1.165, 1.54) is 18.4 Å². The fraction of sp³-hybridized carbons (Fsp3) is 0.619. The van der Waals surface area contributed by atoms with Crippen LogP contribution in [-0.2, 0) is 9.53 Å². The third-order valence-electron chi connectivity index (χ3n) is 4.06. The van der Waals surface area contributed by atoms with Crippen LogP contribution in [0.3, 0.4) is 0 Å². The predicted octanol–water partition coefficient (Wildman–Crippen LogP) is 5.18. The van der Waals surface area contributed by atoms with E-state index in [2.05, 4.69) is 44.2 Å². The van der Waals surface area contributed by atoms with E-state index in [9.17, 15) is 9.59 Å². The summed E-state index contributed by atoms with van der Waals surface area (Å²) >= 11 is 0. The van der Waals surface area contributed by atoms with Gasteiger partial charge >= 0.3 is 6.09 Å². The molecule has 1 atom stereocenters. The summed E-state index contributed by atoms with van der Waals surface area (Å²) in [4.78, 5) is 24.0. The lowest BCUT2D eigenvalue weighted by atomic mass is 9.97. The van der Waals surface area contributed by atoms with Gasteiger partial charge in [-0.25, -0.2) is 4.79 Å². The standard InChI is InChI=1S/C11H16.C10H17NO3/c1-3-7-10(2)11-8-5-4-6-9-11;1-10(2,3)14-9(13)11-6-4-8(12)5-7-11/h4-6,8-10H,3,7H2,1-2H3;4-7H2,1-3H3/t10-;/m1./s1. The smallest absolute Gasteiger partial charge is 0.410 e. The van der Waals surface area contributed by atoms with Gasteiger partial charge in [0.2, 0.25) is 0 Å². The lowest BCUT2D eigenvalue weighted by Gasteiger charge is -2.29. The van der Waals surface area contributed by atoms with E-state index in [1.54, 1.807) is 4.90 Å². The van der Waals surface area contributed by atoms with Gasteiger partial charge in [0.25, 0.3) is 0 Å². The summed E-state index contributed by atoms with van der Waals surface area (Å²) in [5.41, 5.74) is 1.01. The fourth-order valence-corrected chi connectivity index (χ4v) is 2.65. The minimum atomic E-state index is -0.460. The van der Waals surface area contributed by atoms with Crippen LogP contribution in [0.25, 0.3) is 0 Å². The Balaban J connectivity index is 0.000000257. The van der Waals surface area contributed by atoms with Gasteiger partial charge in [-0.2, -0.15) is 0 Å². The summed E-state index contributed by atoms with van der Waals surface area (Å²) in [6.45, 7) is 11.0. The van der Waals surface area contributed by atoms with Gasteiger partial charge < -0.3 is 9.64 Å². The number of nitrogens with zero attached hydrogens (tertiary/aromatic N) is 1. The molecule has 25 heavy (non-hydrogen) atoms. The van der Waals surface area contributed by atoms with Crippen molar-refractivity contribution in [1.82, 2.24) is 4.90 Å². The van der Waals surface area contributed by atoms with Crippen molar-refractivity contribution in [2.24, 2.45) is 0 Å². The molecule has 1 saturated heterocycles. The Kier molecular flexibility index (Phi) is 8.67. The second-order valence-corrected chi connectivity index (χ2v) is 7.61. The summed E-state index contributed by atoms with van der Waals surface area (Å²) in [6, 6.07) is 10.7. The SMILES string of the molecule is CC(C)(C)OC(=O)N1CCC(=O)CC1.CCC[C@@H](C)c1ccccc1. The zero-order valence-corrected chi connectivity index (χ0v) is 16.4. The second-order valence-electron chi connectivity index (χ2n) is 7.61. The Morgan fingerprint density at radius 2 is 1.72 bits per heavy atom. The molecule has 1 aliphatic rings. The second kappa shape index (κ2) is 10.2. The first-order valence-corrected chi connectivity index (χ1v) is 9.27. The molecular formula is C21H33NO3. The largest absolute Gasteiger partial charge is 0.444 e. The zero-order valence-electron chi connectivity index (χ0n) is 16.4. The molecule has 0 saturated carbocycles. The topological polar surface area (TPSA) is 46.6 Å². The lowest BCUT2D eigenvalue weighted by Crippen LogP contribution is -2.41. The molecule has 1 aliphatic heterocycles. The number of hydrogen-bond donors (Lipinski definition) is 0. The molecule has 1 heterocycles. The highest BCUT2D eigenvalue weighted by molar-refractivity contribution is 5.81. The van der Waals surface area contributed by atoms with E-state index in [4.69, 9.17) is 4.74 Å². The molecule has 1 fully saturated rings. The summed E-state index contributed by atoms with van der Waals surface area (Å²) in [5, 5.41) is 0. The maximum absolute atomic E-state index is 11.5. The summed E-state index contributed by atoms with van der Waals surface area (Å²) in [7, 11) is 0. The van der Waals surface area contributed by atoms with Crippen LogP contribution in [0.4, 0.5) is 4.79 Å². The average molecular weight is 347 g/mol. The lowest BCUT2D eigenvalue weighted by molar-refractivity contribution is -0.121. The van der Waals surface area contributed by atoms with E-state index in [-0.39, 0.29) is 11.9 Å². The van der Waals surface area contributed by atoms with Crippen molar-refractivity contribution in [1.29, 1.82) is 0 Å². The molecular weight excluding hydrogens is 314 g/mol. The van der Waals surface area contributed by atoms with Crippen LogP contribution in [-0.4, -0.2) is 35.5 Å². The van der Waals surface area contributed by atoms with Gasteiger partial charge in [0.1, 0.15) is 11.4 Å². The molecule has 4 nitrogen and oxygen atoms in total. The Bertz CT molecular complexity index is 524. The van der Waals surface area contributed by atoms with Gasteiger partial charge in [-0.3, -0.25) is 4.79 Å². The fourth-order valence-electron chi connectivity index (χ4n) is 2.65. The van der Waals surface area contributed by atoms with E-state index >= 15 is 0 Å². The van der Waals surface area contributed by atoms with E-state index < -0.39 is 5.60 Å². The highest BCUT2D eigenvalue weighted by atomic mass is 16.6. The third kappa shape index (κ3) is 8.71. The van der Waals surface area contributed by atoms with Crippen molar-refractivity contribution in [2.75, 3.05) is 13.1 Å². The Labute approximate surface area is 152 Å². The molecule has 0 unspecified atom stereocenters. The quantitative estimate of drug-likeness (QED) is 0.757. The molecule has 0 aromatic heterocycles. The van der Waals surface area contributed by atoms with Crippen LogP contribution >= 0.6 is 0 Å². The summed E-state index contributed by atoms with van der Waals surface area (Å²) in [6.07, 6.45) is 3.17. The molecule has 1 aromatic carbocycles. The number of likely N-dealkylation sites (tertiary alicyclic amines) is 1. The molecule has 1 amide bonds. The molecule has 1 aromatic rings. The molecule has 0 aliphatic carbocycles. The van der Waals surface area contributed by atoms with E-state index in [0.29, 0.717) is 25.9 Å². The number of carbonyl (C=O) groups is 2. The maximum atomic E-state index is 11.5. The number of Topliss-reactive ketones (excluding diaryl/α,β-unsaturated/α-hetero) is 1. The molecule has 0 spiro atoms. The molecule has 2 rings (SSSR count). The minimum absolute atomic E-state index is 0.227. The van der Waals surface area contributed by atoms with E-state index in [0.717, 1.165) is 5.92 Å². The first-order chi connectivity index (χ1) is 11.7. The normalized spacial score (nSPS) is 15.9. The van der Waals surface area contributed by atoms with Gasteiger partial charge in [0.15, 0.2) is 0 Å². The van der Waals surface area contributed by atoms with Crippen molar-refractivity contribution in [3.8, 4) is 0 Å². The summed E-state index contributed by atoms with van der Waals surface area (Å²) in [5.74, 6) is 0.950. The summed E-state index contributed by atoms with van der Waals surface area (Å²) < 4.78 is 5.19. The minimum Gasteiger partial charge on any atom is -0.444 e. The van der Waals surface area contributed by atoms with Crippen molar-refractivity contribution in [3.05, 3.63) is 35.9 Å². The Morgan fingerprint density at radius 1 is 1.16 bits per heavy atom. The van der Waals surface area contributed by atoms with Gasteiger partial charge in [-0.1, -0.05) is 50.6 Å². The monoisotopic (exact) mass is 347 g/mol. The highest BCUT2D eigenvalue weighted by Gasteiger charge is 2.25. The van der Waals surface area contributed by atoms with Gasteiger partial charge in [0, 0.05) is 25.9 Å². The number of piperidine rings is 1. The number of ketones is 1. The molecule has 4 heteroatoms. The number of amides is 1. The maximum Gasteiger partial charge on any atom is 0.410 e. The predicted molar refractivity (Wildman–Crippen MR) is 102 cm³/mol. The van der Waals surface area contributed by atoms with Crippen LogP contribution in [0, 0.1) is 0 Å². The van der Waals surface area contributed by atoms with Crippen LogP contribution < -0.4 is 0 Å². The molecule has 140 valence electrons. The van der Waals surface area contributed by atoms with Gasteiger partial charge in [-0.05, 0) is 38.7 Å². The van der Waals surface area contributed by atoms with Gasteiger partial charge in [-0.15, -0.1) is 0 Å². The molecule has 0 radical (unpaired) electrons. The van der Waals surface area contributed by atoms with E-state index in [1.807, 2.05) is 20.8 Å². The Morgan fingerprint density at radius 3 is 2.20 bits per heavy atom. The van der Waals surface area contributed by atoms with Crippen LogP contribution in [0.2, 0.25) is 0 Å². The van der Waals surface area contributed by atoms with Gasteiger partial charge in [0.05, 0.1) is 0 Å². The third-order valence-corrected chi connectivity index (χ3v) is 4.06. The zero-order chi connectivity index (χ0) is 18.9. The number of rotatable bonds is 3. The van der Waals surface area contributed by atoms with Crippen molar-refractivity contribution < 1.29 is 14.3 Å². The highest BCUT2D eigenvalue weighted by Crippen LogP contribution is 2.19. The number of benzene rings is 1.